The summed E-state index contributed by atoms with van der Waals surface area (Å²) in [4.78, 5) is 13.1. The smallest absolute Gasteiger partial charge is 0.224 e. The van der Waals surface area contributed by atoms with Gasteiger partial charge in [-0.2, -0.15) is 0 Å². The Morgan fingerprint density at radius 2 is 1.52 bits per heavy atom. The van der Waals surface area contributed by atoms with Crippen molar-refractivity contribution in [1.29, 1.82) is 0 Å². The van der Waals surface area contributed by atoms with Crippen LogP contribution >= 0.6 is 8.15 Å². The predicted octanol–water partition coefficient (Wildman–Crippen LogP) is 3.63. The molecule has 7 heteroatoms. The fourth-order valence-electron chi connectivity index (χ4n) is 2.00. The maximum Gasteiger partial charge on any atom is 0.224 e. The second-order valence-corrected chi connectivity index (χ2v) is 6.04. The van der Waals surface area contributed by atoms with E-state index in [1.165, 1.54) is 14.2 Å². The Bertz CT molecular complexity index is 465. The molecular formula is C16H25O6P. The summed E-state index contributed by atoms with van der Waals surface area (Å²) in [7, 11) is 1.36. The van der Waals surface area contributed by atoms with E-state index in [1.54, 1.807) is 18.2 Å². The lowest BCUT2D eigenvalue weighted by Gasteiger charge is -2.25. The maximum absolute atomic E-state index is 13.1. The van der Waals surface area contributed by atoms with Crippen LogP contribution < -0.4 is 9.47 Å². The van der Waals surface area contributed by atoms with Crippen LogP contribution in [0.5, 0.6) is 11.5 Å². The fourth-order valence-corrected chi connectivity index (χ4v) is 3.71. The zero-order valence-electron chi connectivity index (χ0n) is 14.3. The molecule has 0 aliphatic carbocycles. The van der Waals surface area contributed by atoms with E-state index < -0.39 is 14.2 Å². The topological polar surface area (TPSA) is 63.2 Å². The molecule has 6 nitrogen and oxygen atoms in total. The normalized spacial score (nSPS) is 12.3. The number of hydrogen-bond donors (Lipinski definition) is 0. The Morgan fingerprint density at radius 1 is 1.00 bits per heavy atom. The molecule has 1 atom stereocenters. The Morgan fingerprint density at radius 3 is 1.91 bits per heavy atom. The van der Waals surface area contributed by atoms with Crippen LogP contribution in [0.15, 0.2) is 18.2 Å². The highest BCUT2D eigenvalue weighted by atomic mass is 31.1. The SMILES string of the molecule is CCOC(OCC)P(OCC)C(=O)c1c(OC)cccc1OC. The third-order valence-corrected chi connectivity index (χ3v) is 4.76. The van der Waals surface area contributed by atoms with Crippen LogP contribution in [-0.4, -0.2) is 45.6 Å². The average Bonchev–Trinajstić information content (AvgIpc) is 2.58. The summed E-state index contributed by atoms with van der Waals surface area (Å²) in [6, 6.07) is 4.47. The van der Waals surface area contributed by atoms with E-state index in [2.05, 4.69) is 0 Å². The molecular weight excluding hydrogens is 319 g/mol. The molecule has 0 saturated carbocycles. The van der Waals surface area contributed by atoms with Crippen molar-refractivity contribution >= 4 is 13.7 Å². The van der Waals surface area contributed by atoms with Gasteiger partial charge in [-0.05, 0) is 32.9 Å². The van der Waals surface area contributed by atoms with Gasteiger partial charge >= 0.3 is 0 Å². The number of rotatable bonds is 11. The van der Waals surface area contributed by atoms with Crippen molar-refractivity contribution in [2.75, 3.05) is 34.0 Å². The summed E-state index contributed by atoms with van der Waals surface area (Å²) in [5.74, 6) is 0.876. The zero-order valence-corrected chi connectivity index (χ0v) is 15.2. The molecule has 1 aromatic rings. The summed E-state index contributed by atoms with van der Waals surface area (Å²) >= 11 is 0. The summed E-state index contributed by atoms with van der Waals surface area (Å²) in [6.07, 6.45) is 0. The summed E-state index contributed by atoms with van der Waals surface area (Å²) in [5.41, 5.74) is 0.115. The Kier molecular flexibility index (Phi) is 9.10. The standard InChI is InChI=1S/C16H25O6P/c1-6-20-16(21-7-2)23(22-8-3)15(17)14-12(18-4)10-9-11-13(14)19-5/h9-11,16H,6-8H2,1-5H3. The first kappa shape index (κ1) is 19.8. The molecule has 0 aliphatic heterocycles. The minimum atomic E-state index is -1.66. The van der Waals surface area contributed by atoms with Gasteiger partial charge in [-0.25, -0.2) is 0 Å². The van der Waals surface area contributed by atoms with E-state index in [0.717, 1.165) is 0 Å². The molecule has 0 N–H and O–H groups in total. The van der Waals surface area contributed by atoms with Gasteiger partial charge < -0.3 is 23.5 Å². The van der Waals surface area contributed by atoms with Crippen LogP contribution in [0, 0.1) is 0 Å². The molecule has 0 saturated heterocycles. The second kappa shape index (κ2) is 10.6. The minimum Gasteiger partial charge on any atom is -0.496 e. The lowest BCUT2D eigenvalue weighted by atomic mass is 10.2. The molecule has 0 radical (unpaired) electrons. The van der Waals surface area contributed by atoms with E-state index in [0.29, 0.717) is 36.9 Å². The van der Waals surface area contributed by atoms with Gasteiger partial charge in [-0.15, -0.1) is 0 Å². The van der Waals surface area contributed by atoms with E-state index in [9.17, 15) is 4.79 Å². The molecule has 0 bridgehead atoms. The van der Waals surface area contributed by atoms with Crippen LogP contribution in [0.2, 0.25) is 0 Å². The summed E-state index contributed by atoms with van der Waals surface area (Å²) in [6.45, 7) is 6.75. The van der Waals surface area contributed by atoms with Crippen molar-refractivity contribution in [3.8, 4) is 11.5 Å². The number of benzene rings is 1. The first-order valence-corrected chi connectivity index (χ1v) is 8.87. The molecule has 1 rings (SSSR count). The third-order valence-electron chi connectivity index (χ3n) is 2.92. The first-order valence-electron chi connectivity index (χ1n) is 7.55. The molecule has 0 amide bonds. The van der Waals surface area contributed by atoms with Crippen LogP contribution in [0.3, 0.4) is 0 Å². The second-order valence-electron chi connectivity index (χ2n) is 4.30. The zero-order chi connectivity index (χ0) is 17.2. The van der Waals surface area contributed by atoms with E-state index in [4.69, 9.17) is 23.5 Å². The van der Waals surface area contributed by atoms with Crippen molar-refractivity contribution < 1.29 is 28.3 Å². The molecule has 0 fully saturated rings. The van der Waals surface area contributed by atoms with Crippen LogP contribution in [0.1, 0.15) is 31.1 Å². The van der Waals surface area contributed by atoms with Gasteiger partial charge in [0.2, 0.25) is 11.6 Å². The number of carbonyl (C=O) groups is 1. The number of carbonyl (C=O) groups excluding carboxylic acids is 1. The third kappa shape index (κ3) is 5.15. The Hall–Kier alpha value is -1.20. The molecule has 130 valence electrons. The van der Waals surface area contributed by atoms with E-state index in [1.807, 2.05) is 20.8 Å². The Labute approximate surface area is 138 Å². The minimum absolute atomic E-state index is 0.233. The van der Waals surface area contributed by atoms with E-state index >= 15 is 0 Å². The van der Waals surface area contributed by atoms with Crippen LogP contribution in [0.4, 0.5) is 0 Å². The highest BCUT2D eigenvalue weighted by Crippen LogP contribution is 2.50. The van der Waals surface area contributed by atoms with Gasteiger partial charge in [0.15, 0.2) is 8.15 Å². The van der Waals surface area contributed by atoms with Crippen molar-refractivity contribution in [3.63, 3.8) is 0 Å². The molecule has 0 heterocycles. The van der Waals surface area contributed by atoms with Crippen molar-refractivity contribution in [2.24, 2.45) is 0 Å². The average molecular weight is 344 g/mol. The number of methoxy groups -OCH3 is 2. The first-order chi connectivity index (χ1) is 11.1. The van der Waals surface area contributed by atoms with Gasteiger partial charge in [0, 0.05) is 19.8 Å². The largest absolute Gasteiger partial charge is 0.496 e. The molecule has 1 unspecified atom stereocenters. The van der Waals surface area contributed by atoms with E-state index in [-0.39, 0.29) is 5.52 Å². The molecule has 0 aromatic heterocycles. The highest BCUT2D eigenvalue weighted by Gasteiger charge is 2.35. The molecule has 0 aliphatic rings. The molecule has 1 aromatic carbocycles. The Balaban J connectivity index is 3.24. The predicted molar refractivity (Wildman–Crippen MR) is 89.5 cm³/mol. The van der Waals surface area contributed by atoms with Gasteiger partial charge in [0.05, 0.1) is 14.2 Å². The quantitative estimate of drug-likeness (QED) is 0.451. The molecule has 0 spiro atoms. The summed E-state index contributed by atoms with van der Waals surface area (Å²) in [5, 5.41) is 0. The maximum atomic E-state index is 13.1. The monoisotopic (exact) mass is 344 g/mol. The van der Waals surface area contributed by atoms with Crippen molar-refractivity contribution in [1.82, 2.24) is 0 Å². The lowest BCUT2D eigenvalue weighted by molar-refractivity contribution is -0.0830. The highest BCUT2D eigenvalue weighted by molar-refractivity contribution is 7.71. The molecule has 23 heavy (non-hydrogen) atoms. The van der Waals surface area contributed by atoms with Crippen LogP contribution in [0.25, 0.3) is 0 Å². The number of ether oxygens (including phenoxy) is 4. The number of hydrogen-bond acceptors (Lipinski definition) is 6. The van der Waals surface area contributed by atoms with Gasteiger partial charge in [-0.1, -0.05) is 6.07 Å². The van der Waals surface area contributed by atoms with Crippen LogP contribution in [-0.2, 0) is 14.0 Å². The van der Waals surface area contributed by atoms with Crippen molar-refractivity contribution in [3.05, 3.63) is 23.8 Å². The fraction of sp³-hybridized carbons (Fsp3) is 0.562. The van der Waals surface area contributed by atoms with Gasteiger partial charge in [0.25, 0.3) is 0 Å². The van der Waals surface area contributed by atoms with Gasteiger partial charge in [-0.3, -0.25) is 4.79 Å². The van der Waals surface area contributed by atoms with Crippen molar-refractivity contribution in [2.45, 2.75) is 26.8 Å². The summed E-state index contributed by atoms with van der Waals surface area (Å²) < 4.78 is 27.4. The lowest BCUT2D eigenvalue weighted by Crippen LogP contribution is -2.21. The van der Waals surface area contributed by atoms with Gasteiger partial charge in [0.1, 0.15) is 17.1 Å².